The molecular weight excluding hydrogens is 249 g/mol. The van der Waals surface area contributed by atoms with Crippen LogP contribution in [0.3, 0.4) is 0 Å². The van der Waals surface area contributed by atoms with Crippen LogP contribution >= 0.6 is 7.60 Å². The molecule has 0 aliphatic rings. The molecule has 0 radical (unpaired) electrons. The highest BCUT2D eigenvalue weighted by atomic mass is 31.2. The minimum atomic E-state index is -4.38. The molecule has 0 heterocycles. The Hall–Kier alpha value is -1.43. The number of phenolic OH excluding ortho intramolecular Hbond substituents is 1. The normalized spacial score (nSPS) is 11.5. The van der Waals surface area contributed by atoms with E-state index in [2.05, 4.69) is 0 Å². The summed E-state index contributed by atoms with van der Waals surface area (Å²) < 4.78 is 10.8. The average Bonchev–Trinajstić information content (AvgIpc) is 2.18. The monoisotopic (exact) mass is 261 g/mol. The zero-order valence-corrected chi connectivity index (χ0v) is 9.92. The van der Waals surface area contributed by atoms with Crippen molar-refractivity contribution in [2.45, 2.75) is 19.5 Å². The number of non-ortho nitro benzene ring substituents is 1. The van der Waals surface area contributed by atoms with Crippen molar-refractivity contribution in [1.29, 1.82) is 0 Å². The Kier molecular flexibility index (Phi) is 3.87. The molecule has 0 bridgehead atoms. The maximum Gasteiger partial charge on any atom is 0.330 e. The Bertz CT molecular complexity index is 495. The van der Waals surface area contributed by atoms with E-state index in [0.29, 0.717) is 12.0 Å². The molecule has 0 fully saturated rings. The lowest BCUT2D eigenvalue weighted by molar-refractivity contribution is -0.385. The molecule has 1 aromatic carbocycles. The van der Waals surface area contributed by atoms with Crippen molar-refractivity contribution in [2.24, 2.45) is 0 Å². The SMILES string of the molecule is CCc1cc([N+](=O)[O-])cc(CP(=O)(O)O)c1O. The number of hydrogen-bond donors (Lipinski definition) is 3. The Morgan fingerprint density at radius 3 is 2.29 bits per heavy atom. The van der Waals surface area contributed by atoms with Crippen LogP contribution in [0.15, 0.2) is 12.1 Å². The number of rotatable bonds is 4. The van der Waals surface area contributed by atoms with Crippen LogP contribution in [0.5, 0.6) is 5.75 Å². The van der Waals surface area contributed by atoms with Crippen molar-refractivity contribution in [1.82, 2.24) is 0 Å². The molecule has 1 rings (SSSR count). The molecule has 1 aromatic rings. The van der Waals surface area contributed by atoms with Crippen LogP contribution < -0.4 is 0 Å². The number of aryl methyl sites for hydroxylation is 1. The third-order valence-electron chi connectivity index (χ3n) is 2.22. The van der Waals surface area contributed by atoms with Gasteiger partial charge in [0.25, 0.3) is 5.69 Å². The number of nitro groups is 1. The van der Waals surface area contributed by atoms with Crippen LogP contribution in [0, 0.1) is 10.1 Å². The summed E-state index contributed by atoms with van der Waals surface area (Å²) in [6.07, 6.45) is -0.380. The maximum absolute atomic E-state index is 10.8. The average molecular weight is 261 g/mol. The smallest absolute Gasteiger partial charge is 0.330 e. The molecule has 0 unspecified atom stereocenters. The molecule has 3 N–H and O–H groups in total. The molecule has 17 heavy (non-hydrogen) atoms. The molecule has 0 amide bonds. The van der Waals surface area contributed by atoms with Gasteiger partial charge in [-0.25, -0.2) is 0 Å². The number of nitrogens with zero attached hydrogens (tertiary/aromatic N) is 1. The summed E-state index contributed by atoms with van der Waals surface area (Å²) in [5, 5.41) is 20.3. The number of phenols is 1. The molecular formula is C9H12NO6P. The van der Waals surface area contributed by atoms with Gasteiger partial charge >= 0.3 is 7.60 Å². The second-order valence-corrected chi connectivity index (χ2v) is 5.19. The Morgan fingerprint density at radius 2 is 1.88 bits per heavy atom. The van der Waals surface area contributed by atoms with Gasteiger partial charge in [-0.3, -0.25) is 14.7 Å². The van der Waals surface area contributed by atoms with E-state index in [1.54, 1.807) is 6.92 Å². The van der Waals surface area contributed by atoms with Crippen LogP contribution in [0.1, 0.15) is 18.1 Å². The zero-order valence-electron chi connectivity index (χ0n) is 9.03. The van der Waals surface area contributed by atoms with Crippen molar-refractivity contribution < 1.29 is 24.4 Å². The summed E-state index contributed by atoms with van der Waals surface area (Å²) in [5.74, 6) is -0.290. The van der Waals surface area contributed by atoms with E-state index < -0.39 is 18.7 Å². The molecule has 0 spiro atoms. The molecule has 0 saturated heterocycles. The molecule has 0 aromatic heterocycles. The molecule has 94 valence electrons. The van der Waals surface area contributed by atoms with Crippen molar-refractivity contribution in [3.05, 3.63) is 33.4 Å². The standard InChI is InChI=1S/C9H12NO6P/c1-2-6-3-8(10(12)13)4-7(9(6)11)5-17(14,15)16/h3-4,11H,2,5H2,1H3,(H2,14,15,16). The first-order valence-electron chi connectivity index (χ1n) is 4.78. The number of aromatic hydroxyl groups is 1. The van der Waals surface area contributed by atoms with E-state index in [1.807, 2.05) is 0 Å². The minimum Gasteiger partial charge on any atom is -0.507 e. The lowest BCUT2D eigenvalue weighted by Crippen LogP contribution is -1.96. The van der Waals surface area contributed by atoms with Gasteiger partial charge in [0.05, 0.1) is 11.1 Å². The topological polar surface area (TPSA) is 121 Å². The fraction of sp³-hybridized carbons (Fsp3) is 0.333. The van der Waals surface area contributed by atoms with Crippen molar-refractivity contribution in [3.8, 4) is 5.75 Å². The van der Waals surface area contributed by atoms with Gasteiger partial charge in [-0.1, -0.05) is 6.92 Å². The third kappa shape index (κ3) is 3.52. The Morgan fingerprint density at radius 1 is 1.35 bits per heavy atom. The predicted molar refractivity (Wildman–Crippen MR) is 59.9 cm³/mol. The van der Waals surface area contributed by atoms with Gasteiger partial charge in [-0.15, -0.1) is 0 Å². The van der Waals surface area contributed by atoms with Crippen LogP contribution in [0.25, 0.3) is 0 Å². The van der Waals surface area contributed by atoms with E-state index in [4.69, 9.17) is 9.79 Å². The fourth-order valence-electron chi connectivity index (χ4n) is 1.46. The molecule has 8 heteroatoms. The first kappa shape index (κ1) is 13.6. The first-order chi connectivity index (χ1) is 7.74. The molecule has 0 saturated carbocycles. The third-order valence-corrected chi connectivity index (χ3v) is 2.97. The quantitative estimate of drug-likeness (QED) is 0.429. The second-order valence-electron chi connectivity index (χ2n) is 3.55. The van der Waals surface area contributed by atoms with Crippen molar-refractivity contribution in [3.63, 3.8) is 0 Å². The first-order valence-corrected chi connectivity index (χ1v) is 6.58. The fourth-order valence-corrected chi connectivity index (χ4v) is 2.14. The number of benzene rings is 1. The van der Waals surface area contributed by atoms with E-state index in [1.165, 1.54) is 6.07 Å². The predicted octanol–water partition coefficient (Wildman–Crippen LogP) is 1.54. The van der Waals surface area contributed by atoms with Gasteiger partial charge in [-0.2, -0.15) is 0 Å². The highest BCUT2D eigenvalue weighted by Gasteiger charge is 2.21. The van der Waals surface area contributed by atoms with Gasteiger partial charge < -0.3 is 14.9 Å². The lowest BCUT2D eigenvalue weighted by Gasteiger charge is -2.09. The van der Waals surface area contributed by atoms with Crippen LogP contribution in [-0.2, 0) is 17.1 Å². The zero-order chi connectivity index (χ0) is 13.2. The summed E-state index contributed by atoms with van der Waals surface area (Å²) in [6.45, 7) is 1.68. The molecule has 7 nitrogen and oxygen atoms in total. The van der Waals surface area contributed by atoms with E-state index >= 15 is 0 Å². The van der Waals surface area contributed by atoms with Gasteiger partial charge in [0.15, 0.2) is 0 Å². The summed E-state index contributed by atoms with van der Waals surface area (Å²) in [6, 6.07) is 2.17. The summed E-state index contributed by atoms with van der Waals surface area (Å²) in [5.41, 5.74) is -0.102. The largest absolute Gasteiger partial charge is 0.507 e. The molecule has 0 aliphatic heterocycles. The van der Waals surface area contributed by atoms with E-state index in [-0.39, 0.29) is 17.0 Å². The summed E-state index contributed by atoms with van der Waals surface area (Å²) >= 11 is 0. The number of hydrogen-bond acceptors (Lipinski definition) is 4. The minimum absolute atomic E-state index is 0.107. The van der Waals surface area contributed by atoms with E-state index in [9.17, 15) is 19.8 Å². The highest BCUT2D eigenvalue weighted by Crippen LogP contribution is 2.43. The van der Waals surface area contributed by atoms with Gasteiger partial charge in [-0.05, 0) is 6.42 Å². The van der Waals surface area contributed by atoms with Gasteiger partial charge in [0, 0.05) is 23.3 Å². The Labute approximate surface area is 97.0 Å². The van der Waals surface area contributed by atoms with Gasteiger partial charge in [0.1, 0.15) is 5.75 Å². The van der Waals surface area contributed by atoms with Crippen LogP contribution in [-0.4, -0.2) is 19.8 Å². The highest BCUT2D eigenvalue weighted by molar-refractivity contribution is 7.50. The lowest BCUT2D eigenvalue weighted by atomic mass is 10.1. The number of nitro benzene ring substituents is 1. The summed E-state index contributed by atoms with van der Waals surface area (Å²) in [4.78, 5) is 27.6. The Balaban J connectivity index is 3.32. The van der Waals surface area contributed by atoms with Crippen LogP contribution in [0.4, 0.5) is 5.69 Å². The van der Waals surface area contributed by atoms with Crippen molar-refractivity contribution >= 4 is 13.3 Å². The van der Waals surface area contributed by atoms with Crippen molar-refractivity contribution in [2.75, 3.05) is 0 Å². The molecule has 0 atom stereocenters. The molecule has 0 aliphatic carbocycles. The van der Waals surface area contributed by atoms with Gasteiger partial charge in [0.2, 0.25) is 0 Å². The van der Waals surface area contributed by atoms with E-state index in [0.717, 1.165) is 6.07 Å². The maximum atomic E-state index is 10.8. The second kappa shape index (κ2) is 4.83. The van der Waals surface area contributed by atoms with Crippen LogP contribution in [0.2, 0.25) is 0 Å². The summed E-state index contributed by atoms with van der Waals surface area (Å²) in [7, 11) is -4.38.